The third-order valence-electron chi connectivity index (χ3n) is 5.13. The van der Waals surface area contributed by atoms with Gasteiger partial charge in [-0.3, -0.25) is 14.5 Å². The fourth-order valence-corrected chi connectivity index (χ4v) is 4.20. The number of fused-ring (bicyclic) bond motifs is 2. The highest BCUT2D eigenvalue weighted by atomic mass is 79.9. The van der Waals surface area contributed by atoms with Gasteiger partial charge in [-0.05, 0) is 31.2 Å². The smallest absolute Gasteiger partial charge is 0.296 e. The zero-order valence-electron chi connectivity index (χ0n) is 16.0. The van der Waals surface area contributed by atoms with Crippen LogP contribution in [0.4, 0.5) is 5.82 Å². The number of carbonyl (C=O) groups is 1. The molecule has 7 nitrogen and oxygen atoms in total. The van der Waals surface area contributed by atoms with E-state index in [0.29, 0.717) is 33.9 Å². The molecule has 2 aromatic carbocycles. The fraction of sp³-hybridized carbons (Fsp3) is 0.136. The van der Waals surface area contributed by atoms with E-state index in [-0.39, 0.29) is 16.8 Å². The van der Waals surface area contributed by atoms with Crippen LogP contribution in [0.15, 0.2) is 66.7 Å². The summed E-state index contributed by atoms with van der Waals surface area (Å²) in [5.41, 5.74) is 0.955. The van der Waals surface area contributed by atoms with E-state index in [1.807, 2.05) is 18.2 Å². The topological polar surface area (TPSA) is 85.8 Å². The number of benzene rings is 2. The maximum atomic E-state index is 13.5. The number of anilines is 1. The lowest BCUT2D eigenvalue weighted by Crippen LogP contribution is -2.30. The Hall–Kier alpha value is -3.39. The molecule has 150 valence electrons. The Morgan fingerprint density at radius 3 is 2.67 bits per heavy atom. The molecule has 1 aliphatic heterocycles. The molecule has 3 heterocycles. The molecule has 0 spiro atoms. The minimum absolute atomic E-state index is 0.00798. The molecule has 0 aliphatic carbocycles. The second-order valence-corrected chi connectivity index (χ2v) is 7.85. The van der Waals surface area contributed by atoms with Crippen LogP contribution in [0.1, 0.15) is 33.5 Å². The minimum atomic E-state index is -0.771. The number of carbonyl (C=O) groups excluding carboxylic acids is 1. The molecule has 0 saturated carbocycles. The predicted octanol–water partition coefficient (Wildman–Crippen LogP) is 4.61. The molecule has 5 rings (SSSR count). The summed E-state index contributed by atoms with van der Waals surface area (Å²) >= 11 is 3.39. The van der Waals surface area contributed by atoms with Crippen LogP contribution in [0.25, 0.3) is 11.0 Å². The number of hydrogen-bond acceptors (Lipinski definition) is 6. The maximum Gasteiger partial charge on any atom is 0.296 e. The van der Waals surface area contributed by atoms with E-state index < -0.39 is 11.9 Å². The average molecular weight is 467 g/mol. The first-order valence-electron chi connectivity index (χ1n) is 9.15. The first kappa shape index (κ1) is 18.6. The Morgan fingerprint density at radius 1 is 1.13 bits per heavy atom. The van der Waals surface area contributed by atoms with Crippen LogP contribution in [-0.2, 0) is 0 Å². The van der Waals surface area contributed by atoms with Gasteiger partial charge in [0, 0.05) is 16.1 Å². The van der Waals surface area contributed by atoms with Gasteiger partial charge in [0.2, 0.25) is 5.76 Å². The van der Waals surface area contributed by atoms with Crippen molar-refractivity contribution < 1.29 is 18.5 Å². The second-order valence-electron chi connectivity index (χ2n) is 6.93. The first-order valence-corrected chi connectivity index (χ1v) is 9.95. The fourth-order valence-electron chi connectivity index (χ4n) is 3.83. The standard InChI is InChI=1S/C22H15BrN2O5/c1-11-9-17(24-30-11)25-19(13-5-3-4-6-15(13)28-2)18-20(26)14-10-12(23)7-8-16(14)29-21(18)22(25)27/h3-10,19H,1-2H3/t19-/m0/s1. The van der Waals surface area contributed by atoms with Crippen molar-refractivity contribution in [2.75, 3.05) is 12.0 Å². The van der Waals surface area contributed by atoms with Gasteiger partial charge in [-0.15, -0.1) is 0 Å². The Labute approximate surface area is 179 Å². The summed E-state index contributed by atoms with van der Waals surface area (Å²) in [6.45, 7) is 1.73. The van der Waals surface area contributed by atoms with E-state index >= 15 is 0 Å². The molecular formula is C22H15BrN2O5. The van der Waals surface area contributed by atoms with Crippen molar-refractivity contribution in [3.05, 3.63) is 85.9 Å². The molecule has 0 unspecified atom stereocenters. The number of para-hydroxylation sites is 1. The summed E-state index contributed by atoms with van der Waals surface area (Å²) in [6, 6.07) is 13.2. The number of nitrogens with zero attached hydrogens (tertiary/aromatic N) is 2. The third-order valence-corrected chi connectivity index (χ3v) is 5.62. The van der Waals surface area contributed by atoms with E-state index in [1.54, 1.807) is 44.4 Å². The molecule has 0 saturated heterocycles. The summed E-state index contributed by atoms with van der Waals surface area (Å²) in [6.07, 6.45) is 0. The monoisotopic (exact) mass is 466 g/mol. The minimum Gasteiger partial charge on any atom is -0.496 e. The molecular weight excluding hydrogens is 452 g/mol. The van der Waals surface area contributed by atoms with Crippen molar-refractivity contribution in [3.63, 3.8) is 0 Å². The van der Waals surface area contributed by atoms with Crippen LogP contribution >= 0.6 is 15.9 Å². The normalized spacial score (nSPS) is 15.6. The van der Waals surface area contributed by atoms with Gasteiger partial charge in [0.15, 0.2) is 11.2 Å². The third kappa shape index (κ3) is 2.68. The van der Waals surface area contributed by atoms with Crippen molar-refractivity contribution in [1.82, 2.24) is 5.16 Å². The van der Waals surface area contributed by atoms with Gasteiger partial charge in [-0.1, -0.05) is 39.3 Å². The van der Waals surface area contributed by atoms with Gasteiger partial charge in [0.05, 0.1) is 18.1 Å². The number of methoxy groups -OCH3 is 1. The highest BCUT2D eigenvalue weighted by Gasteiger charge is 2.45. The molecule has 30 heavy (non-hydrogen) atoms. The number of ether oxygens (including phenoxy) is 1. The van der Waals surface area contributed by atoms with Crippen molar-refractivity contribution >= 4 is 38.6 Å². The Bertz CT molecular complexity index is 1370. The van der Waals surface area contributed by atoms with Gasteiger partial charge in [0.25, 0.3) is 5.91 Å². The molecule has 4 aromatic rings. The average Bonchev–Trinajstić information content (AvgIpc) is 3.29. The zero-order valence-corrected chi connectivity index (χ0v) is 17.6. The van der Waals surface area contributed by atoms with Crippen molar-refractivity contribution in [2.45, 2.75) is 13.0 Å². The van der Waals surface area contributed by atoms with Gasteiger partial charge in [-0.2, -0.15) is 0 Å². The molecule has 0 N–H and O–H groups in total. The number of aryl methyl sites for hydroxylation is 1. The van der Waals surface area contributed by atoms with E-state index in [0.717, 1.165) is 4.47 Å². The van der Waals surface area contributed by atoms with E-state index in [4.69, 9.17) is 13.7 Å². The maximum absolute atomic E-state index is 13.5. The van der Waals surface area contributed by atoms with Crippen molar-refractivity contribution in [1.29, 1.82) is 0 Å². The number of rotatable bonds is 3. The molecule has 0 bridgehead atoms. The molecule has 1 aliphatic rings. The Morgan fingerprint density at radius 2 is 1.93 bits per heavy atom. The van der Waals surface area contributed by atoms with Crippen molar-refractivity contribution in [3.8, 4) is 5.75 Å². The van der Waals surface area contributed by atoms with Crippen LogP contribution in [-0.4, -0.2) is 18.2 Å². The molecule has 2 aromatic heterocycles. The quantitative estimate of drug-likeness (QED) is 0.438. The zero-order chi connectivity index (χ0) is 21.0. The lowest BCUT2D eigenvalue weighted by Gasteiger charge is -2.23. The van der Waals surface area contributed by atoms with E-state index in [2.05, 4.69) is 21.1 Å². The number of hydrogen-bond donors (Lipinski definition) is 0. The molecule has 8 heteroatoms. The van der Waals surface area contributed by atoms with Crippen LogP contribution < -0.4 is 15.1 Å². The van der Waals surface area contributed by atoms with Gasteiger partial charge in [0.1, 0.15) is 23.1 Å². The largest absolute Gasteiger partial charge is 0.496 e. The van der Waals surface area contributed by atoms with E-state index in [1.165, 1.54) is 4.90 Å². The Balaban J connectivity index is 1.86. The lowest BCUT2D eigenvalue weighted by molar-refractivity contribution is 0.0969. The Kier molecular flexibility index (Phi) is 4.25. The van der Waals surface area contributed by atoms with Gasteiger partial charge < -0.3 is 13.7 Å². The summed E-state index contributed by atoms with van der Waals surface area (Å²) < 4.78 is 17.4. The number of halogens is 1. The molecule has 1 amide bonds. The molecule has 0 radical (unpaired) electrons. The van der Waals surface area contributed by atoms with Gasteiger partial charge in [-0.25, -0.2) is 0 Å². The molecule has 1 atom stereocenters. The summed E-state index contributed by atoms with van der Waals surface area (Å²) in [4.78, 5) is 28.4. The summed E-state index contributed by atoms with van der Waals surface area (Å²) in [7, 11) is 1.54. The van der Waals surface area contributed by atoms with Crippen LogP contribution in [0, 0.1) is 6.92 Å². The van der Waals surface area contributed by atoms with Crippen LogP contribution in [0.2, 0.25) is 0 Å². The summed E-state index contributed by atoms with van der Waals surface area (Å²) in [5, 5.41) is 4.40. The molecule has 0 fully saturated rings. The van der Waals surface area contributed by atoms with Crippen LogP contribution in [0.3, 0.4) is 0 Å². The lowest BCUT2D eigenvalue weighted by atomic mass is 9.97. The summed E-state index contributed by atoms with van der Waals surface area (Å²) in [5.74, 6) is 0.912. The van der Waals surface area contributed by atoms with Crippen molar-refractivity contribution in [2.24, 2.45) is 0 Å². The number of amides is 1. The SMILES string of the molecule is COc1ccccc1[C@H]1c2c(oc3ccc(Br)cc3c2=O)C(=O)N1c1cc(C)on1. The van der Waals surface area contributed by atoms with E-state index in [9.17, 15) is 9.59 Å². The number of aromatic nitrogens is 1. The predicted molar refractivity (Wildman–Crippen MR) is 113 cm³/mol. The van der Waals surface area contributed by atoms with Crippen LogP contribution in [0.5, 0.6) is 5.75 Å². The first-order chi connectivity index (χ1) is 14.5. The highest BCUT2D eigenvalue weighted by Crippen LogP contribution is 2.43. The second kappa shape index (κ2) is 6.84. The highest BCUT2D eigenvalue weighted by molar-refractivity contribution is 9.10. The van der Waals surface area contributed by atoms with Gasteiger partial charge >= 0.3 is 0 Å².